The van der Waals surface area contributed by atoms with Crippen molar-refractivity contribution in [3.63, 3.8) is 0 Å². The summed E-state index contributed by atoms with van der Waals surface area (Å²) < 4.78 is 5.11. The van der Waals surface area contributed by atoms with E-state index in [9.17, 15) is 14.7 Å². The molecule has 1 N–H and O–H groups in total. The largest absolute Gasteiger partial charge is 0.496 e. The Labute approximate surface area is 204 Å². The highest BCUT2D eigenvalue weighted by Gasteiger charge is 2.34. The Hall–Kier alpha value is -3.26. The molecule has 166 valence electrons. The summed E-state index contributed by atoms with van der Waals surface area (Å²) in [5.41, 5.74) is 1.79. The molecule has 1 aliphatic heterocycles. The molecule has 0 spiro atoms. The van der Waals surface area contributed by atoms with E-state index in [0.29, 0.717) is 37.1 Å². The van der Waals surface area contributed by atoms with E-state index >= 15 is 0 Å². The molecule has 0 unspecified atom stereocenters. The predicted octanol–water partition coefficient (Wildman–Crippen LogP) is 6.51. The number of methoxy groups -OCH3 is 1. The molecule has 1 fully saturated rings. The molecule has 1 aliphatic rings. The minimum Gasteiger partial charge on any atom is -0.496 e. The number of ether oxygens (including phenoxy) is 1. The number of carboxylic acid groups (broad SMARTS) is 1. The Morgan fingerprint density at radius 3 is 2.27 bits per heavy atom. The number of carboxylic acids is 1. The molecular formula is C24H16Cl2N2O4S. The van der Waals surface area contributed by atoms with Crippen LogP contribution in [0.15, 0.2) is 76.6 Å². The lowest BCUT2D eigenvalue weighted by Gasteiger charge is -2.15. The van der Waals surface area contributed by atoms with Crippen LogP contribution in [0.25, 0.3) is 6.08 Å². The topological polar surface area (TPSA) is 79.2 Å². The first-order valence-corrected chi connectivity index (χ1v) is 11.2. The number of hydrogen-bond acceptors (Lipinski definition) is 5. The van der Waals surface area contributed by atoms with E-state index in [4.69, 9.17) is 27.9 Å². The van der Waals surface area contributed by atoms with Crippen molar-refractivity contribution in [2.75, 3.05) is 12.0 Å². The van der Waals surface area contributed by atoms with Crippen molar-refractivity contribution in [2.24, 2.45) is 4.99 Å². The van der Waals surface area contributed by atoms with Gasteiger partial charge >= 0.3 is 5.97 Å². The third kappa shape index (κ3) is 5.06. The molecule has 0 atom stereocenters. The third-order valence-corrected chi connectivity index (χ3v) is 6.17. The fourth-order valence-corrected chi connectivity index (χ4v) is 4.38. The maximum atomic E-state index is 13.4. The average molecular weight is 499 g/mol. The maximum absolute atomic E-state index is 13.4. The van der Waals surface area contributed by atoms with Gasteiger partial charge in [-0.15, -0.1) is 0 Å². The van der Waals surface area contributed by atoms with Crippen LogP contribution in [0.2, 0.25) is 10.0 Å². The number of carbonyl (C=O) groups is 2. The zero-order valence-corrected chi connectivity index (χ0v) is 19.5. The van der Waals surface area contributed by atoms with Gasteiger partial charge in [-0.2, -0.15) is 0 Å². The number of anilines is 1. The van der Waals surface area contributed by atoms with Crippen molar-refractivity contribution in [3.8, 4) is 5.75 Å². The van der Waals surface area contributed by atoms with Crippen molar-refractivity contribution in [1.29, 1.82) is 0 Å². The molecule has 9 heteroatoms. The quantitative estimate of drug-likeness (QED) is 0.405. The lowest BCUT2D eigenvalue weighted by molar-refractivity contribution is -0.113. The van der Waals surface area contributed by atoms with Crippen molar-refractivity contribution >= 4 is 69.5 Å². The zero-order chi connectivity index (χ0) is 23.5. The number of hydrogen-bond donors (Lipinski definition) is 1. The standard InChI is InChI=1S/C24H16Cl2N2O4S/c1-32-20-11-2-14(12-19(20)23(30)31)13-21-22(29)28(18-9-5-16(26)6-10-18)24(33-21)27-17-7-3-15(25)4-8-17/h2-13H,1H3,(H,30,31)/b21-13-,27-24?. The summed E-state index contributed by atoms with van der Waals surface area (Å²) in [7, 11) is 1.40. The third-order valence-electron chi connectivity index (χ3n) is 4.69. The molecular weight excluding hydrogens is 483 g/mol. The Bertz CT molecular complexity index is 1290. The first-order chi connectivity index (χ1) is 15.9. The van der Waals surface area contributed by atoms with E-state index in [-0.39, 0.29) is 17.2 Å². The van der Waals surface area contributed by atoms with Crippen molar-refractivity contribution in [1.82, 2.24) is 0 Å². The lowest BCUT2D eigenvalue weighted by Crippen LogP contribution is -2.28. The number of amides is 1. The van der Waals surface area contributed by atoms with Gasteiger partial charge < -0.3 is 9.84 Å². The van der Waals surface area contributed by atoms with Crippen molar-refractivity contribution in [2.45, 2.75) is 0 Å². The van der Waals surface area contributed by atoms with Crippen LogP contribution in [0.3, 0.4) is 0 Å². The SMILES string of the molecule is COc1ccc(/C=C2\SC(=Nc3ccc(Cl)cc3)N(c3ccc(Cl)cc3)C2=O)cc1C(=O)O. The van der Waals surface area contributed by atoms with Gasteiger partial charge in [0, 0.05) is 10.0 Å². The maximum Gasteiger partial charge on any atom is 0.339 e. The number of amidine groups is 1. The van der Waals surface area contributed by atoms with Gasteiger partial charge in [-0.3, -0.25) is 9.69 Å². The van der Waals surface area contributed by atoms with E-state index in [1.54, 1.807) is 66.7 Å². The highest BCUT2D eigenvalue weighted by atomic mass is 35.5. The van der Waals surface area contributed by atoms with Crippen molar-refractivity contribution in [3.05, 3.63) is 92.8 Å². The van der Waals surface area contributed by atoms with Gasteiger partial charge in [0.25, 0.3) is 5.91 Å². The van der Waals surface area contributed by atoms with E-state index in [1.807, 2.05) is 0 Å². The Morgan fingerprint density at radius 2 is 1.67 bits per heavy atom. The van der Waals surface area contributed by atoms with E-state index in [0.717, 1.165) is 0 Å². The summed E-state index contributed by atoms with van der Waals surface area (Å²) in [6.45, 7) is 0. The minimum absolute atomic E-state index is 0.00640. The first-order valence-electron chi connectivity index (χ1n) is 9.61. The highest BCUT2D eigenvalue weighted by molar-refractivity contribution is 8.19. The molecule has 0 aliphatic carbocycles. The molecule has 3 aromatic rings. The Kier molecular flexibility index (Phi) is 6.74. The molecule has 1 saturated heterocycles. The van der Waals surface area contributed by atoms with Gasteiger partial charge in [-0.05, 0) is 84.1 Å². The summed E-state index contributed by atoms with van der Waals surface area (Å²) in [4.78, 5) is 31.4. The molecule has 0 saturated carbocycles. The molecule has 6 nitrogen and oxygen atoms in total. The molecule has 1 amide bonds. The van der Waals surface area contributed by atoms with E-state index < -0.39 is 5.97 Å². The number of nitrogens with zero attached hydrogens (tertiary/aromatic N) is 2. The van der Waals surface area contributed by atoms with Gasteiger partial charge in [0.2, 0.25) is 0 Å². The number of halogens is 2. The van der Waals surface area contributed by atoms with Crippen molar-refractivity contribution < 1.29 is 19.4 Å². The van der Waals surface area contributed by atoms with Gasteiger partial charge in [0.15, 0.2) is 5.17 Å². The van der Waals surface area contributed by atoms with Crippen LogP contribution < -0.4 is 9.64 Å². The minimum atomic E-state index is -1.12. The number of aromatic carboxylic acids is 1. The fraction of sp³-hybridized carbons (Fsp3) is 0.0417. The normalized spacial score (nSPS) is 16.0. The Morgan fingerprint density at radius 1 is 1.03 bits per heavy atom. The molecule has 1 heterocycles. The first kappa shape index (κ1) is 22.9. The van der Waals surface area contributed by atoms with Crippen LogP contribution in [0.1, 0.15) is 15.9 Å². The smallest absolute Gasteiger partial charge is 0.339 e. The Balaban J connectivity index is 1.77. The number of thioether (sulfide) groups is 1. The van der Waals surface area contributed by atoms with Gasteiger partial charge in [0.1, 0.15) is 11.3 Å². The second kappa shape index (κ2) is 9.70. The van der Waals surface area contributed by atoms with E-state index in [1.165, 1.54) is 29.8 Å². The number of carbonyl (C=O) groups excluding carboxylic acids is 1. The van der Waals surface area contributed by atoms with Crippen LogP contribution in [0.4, 0.5) is 11.4 Å². The molecule has 0 bridgehead atoms. The van der Waals surface area contributed by atoms with Gasteiger partial charge in [0.05, 0.1) is 23.4 Å². The second-order valence-electron chi connectivity index (χ2n) is 6.86. The van der Waals surface area contributed by atoms with E-state index in [2.05, 4.69) is 4.99 Å². The van der Waals surface area contributed by atoms with Crippen LogP contribution >= 0.6 is 35.0 Å². The number of aliphatic imine (C=N–C) groups is 1. The monoisotopic (exact) mass is 498 g/mol. The summed E-state index contributed by atoms with van der Waals surface area (Å²) in [6, 6.07) is 18.5. The van der Waals surface area contributed by atoms with Crippen LogP contribution in [-0.2, 0) is 4.79 Å². The van der Waals surface area contributed by atoms with Crippen LogP contribution in [0, 0.1) is 0 Å². The molecule has 4 rings (SSSR count). The molecule has 33 heavy (non-hydrogen) atoms. The number of benzene rings is 3. The zero-order valence-electron chi connectivity index (χ0n) is 17.2. The molecule has 0 radical (unpaired) electrons. The predicted molar refractivity (Wildman–Crippen MR) is 133 cm³/mol. The average Bonchev–Trinajstić information content (AvgIpc) is 3.10. The summed E-state index contributed by atoms with van der Waals surface area (Å²) in [5, 5.41) is 11.0. The summed E-state index contributed by atoms with van der Waals surface area (Å²) >= 11 is 13.2. The second-order valence-corrected chi connectivity index (χ2v) is 8.75. The molecule has 0 aromatic heterocycles. The lowest BCUT2D eigenvalue weighted by atomic mass is 10.1. The fourth-order valence-electron chi connectivity index (χ4n) is 3.13. The van der Waals surface area contributed by atoms with Crippen LogP contribution in [-0.4, -0.2) is 29.3 Å². The highest BCUT2D eigenvalue weighted by Crippen LogP contribution is 2.38. The van der Waals surface area contributed by atoms with Gasteiger partial charge in [-0.25, -0.2) is 9.79 Å². The summed E-state index contributed by atoms with van der Waals surface area (Å²) in [5.74, 6) is -1.17. The summed E-state index contributed by atoms with van der Waals surface area (Å²) in [6.07, 6.45) is 1.63. The number of rotatable bonds is 5. The van der Waals surface area contributed by atoms with Gasteiger partial charge in [-0.1, -0.05) is 29.3 Å². The van der Waals surface area contributed by atoms with Crippen LogP contribution in [0.5, 0.6) is 5.75 Å². The molecule has 3 aromatic carbocycles.